The second-order valence-corrected chi connectivity index (χ2v) is 4.95. The first-order chi connectivity index (χ1) is 9.27. The van der Waals surface area contributed by atoms with E-state index < -0.39 is 28.4 Å². The van der Waals surface area contributed by atoms with Crippen LogP contribution in [0.2, 0.25) is 0 Å². The minimum absolute atomic E-state index is 0.0192. The Bertz CT molecular complexity index is 538. The van der Waals surface area contributed by atoms with E-state index in [-0.39, 0.29) is 17.7 Å². The second kappa shape index (κ2) is 6.47. The molecule has 1 aromatic carbocycles. The fourth-order valence-corrected chi connectivity index (χ4v) is 2.03. The molecule has 0 fully saturated rings. The van der Waals surface area contributed by atoms with E-state index in [2.05, 4.69) is 15.9 Å². The molecule has 0 spiro atoms. The van der Waals surface area contributed by atoms with Crippen molar-refractivity contribution in [1.82, 2.24) is 0 Å². The van der Waals surface area contributed by atoms with Crippen LogP contribution in [-0.4, -0.2) is 22.7 Å². The fourth-order valence-electron chi connectivity index (χ4n) is 1.59. The van der Waals surface area contributed by atoms with Crippen molar-refractivity contribution in [3.63, 3.8) is 0 Å². The summed E-state index contributed by atoms with van der Waals surface area (Å²) in [7, 11) is 0. The van der Waals surface area contributed by atoms with E-state index in [9.17, 15) is 19.7 Å². The maximum Gasteiger partial charge on any atom is 0.312 e. The van der Waals surface area contributed by atoms with Crippen LogP contribution in [0, 0.1) is 10.1 Å². The normalized spacial score (nSPS) is 11.8. The molecule has 0 aliphatic carbocycles. The molecule has 1 aromatic rings. The van der Waals surface area contributed by atoms with Gasteiger partial charge in [-0.25, -0.2) is 0 Å². The van der Waals surface area contributed by atoms with Gasteiger partial charge in [0.2, 0.25) is 5.75 Å². The van der Waals surface area contributed by atoms with Crippen molar-refractivity contribution >= 4 is 33.3 Å². The number of nitro groups is 1. The van der Waals surface area contributed by atoms with Gasteiger partial charge in [0.1, 0.15) is 0 Å². The molecule has 1 rings (SSSR count). The zero-order valence-corrected chi connectivity index (χ0v) is 12.5. The number of benzene rings is 1. The molecule has 0 bridgehead atoms. The SMILES string of the molecule is CCC(Oc1c(C(C)=O)cc(Br)cc1[N+](=O)[O-])C(N)=O. The number of rotatable bonds is 6. The molecular formula is C12H13BrN2O5. The van der Waals surface area contributed by atoms with Crippen molar-refractivity contribution in [3.8, 4) is 5.75 Å². The van der Waals surface area contributed by atoms with Crippen molar-refractivity contribution in [2.24, 2.45) is 5.73 Å². The van der Waals surface area contributed by atoms with Gasteiger partial charge in [-0.15, -0.1) is 0 Å². The zero-order chi connectivity index (χ0) is 15.4. The summed E-state index contributed by atoms with van der Waals surface area (Å²) in [6.07, 6.45) is -0.798. The first kappa shape index (κ1) is 16.1. The molecule has 0 aliphatic heterocycles. The van der Waals surface area contributed by atoms with Crippen LogP contribution in [0.5, 0.6) is 5.75 Å². The molecule has 108 valence electrons. The summed E-state index contributed by atoms with van der Waals surface area (Å²) in [5, 5.41) is 11.1. The van der Waals surface area contributed by atoms with Crippen LogP contribution >= 0.6 is 15.9 Å². The van der Waals surface area contributed by atoms with E-state index in [1.807, 2.05) is 0 Å². The molecule has 0 saturated heterocycles. The van der Waals surface area contributed by atoms with Crippen LogP contribution in [-0.2, 0) is 4.79 Å². The van der Waals surface area contributed by atoms with E-state index in [0.29, 0.717) is 4.47 Å². The number of ketones is 1. The molecule has 0 heterocycles. The third kappa shape index (κ3) is 3.53. The highest BCUT2D eigenvalue weighted by atomic mass is 79.9. The molecule has 8 heteroatoms. The van der Waals surface area contributed by atoms with E-state index in [0.717, 1.165) is 0 Å². The topological polar surface area (TPSA) is 113 Å². The summed E-state index contributed by atoms with van der Waals surface area (Å²) in [6.45, 7) is 2.90. The summed E-state index contributed by atoms with van der Waals surface area (Å²) < 4.78 is 5.68. The van der Waals surface area contributed by atoms with Gasteiger partial charge in [0.05, 0.1) is 10.5 Å². The van der Waals surface area contributed by atoms with Crippen LogP contribution in [0.3, 0.4) is 0 Å². The highest BCUT2D eigenvalue weighted by Gasteiger charge is 2.27. The van der Waals surface area contributed by atoms with Gasteiger partial charge < -0.3 is 10.5 Å². The molecule has 0 radical (unpaired) electrons. The number of halogens is 1. The molecular weight excluding hydrogens is 332 g/mol. The van der Waals surface area contributed by atoms with Crippen LogP contribution in [0.4, 0.5) is 5.69 Å². The Morgan fingerprint density at radius 3 is 2.50 bits per heavy atom. The van der Waals surface area contributed by atoms with Gasteiger partial charge in [-0.1, -0.05) is 22.9 Å². The smallest absolute Gasteiger partial charge is 0.312 e. The number of carbonyl (C=O) groups excluding carboxylic acids is 2. The predicted molar refractivity (Wildman–Crippen MR) is 74.7 cm³/mol. The number of nitrogens with zero attached hydrogens (tertiary/aromatic N) is 1. The summed E-state index contributed by atoms with van der Waals surface area (Å²) >= 11 is 3.09. The first-order valence-corrected chi connectivity index (χ1v) is 6.52. The fraction of sp³-hybridized carbons (Fsp3) is 0.333. The minimum Gasteiger partial charge on any atom is -0.473 e. The number of primary amides is 1. The standard InChI is InChI=1S/C12H13BrN2O5/c1-3-10(12(14)17)20-11-8(6(2)16)4-7(13)5-9(11)15(18)19/h4-5,10H,3H2,1-2H3,(H2,14,17). The van der Waals surface area contributed by atoms with Crippen LogP contribution in [0.25, 0.3) is 0 Å². The predicted octanol–water partition coefficient (Wildman–Crippen LogP) is 2.20. The molecule has 0 aliphatic rings. The maximum absolute atomic E-state index is 11.6. The lowest BCUT2D eigenvalue weighted by molar-refractivity contribution is -0.386. The molecule has 1 unspecified atom stereocenters. The Morgan fingerprint density at radius 1 is 1.50 bits per heavy atom. The minimum atomic E-state index is -1.03. The third-order valence-electron chi connectivity index (χ3n) is 2.56. The van der Waals surface area contributed by atoms with E-state index >= 15 is 0 Å². The Morgan fingerprint density at radius 2 is 2.10 bits per heavy atom. The Hall–Kier alpha value is -1.96. The van der Waals surface area contributed by atoms with Crippen molar-refractivity contribution in [1.29, 1.82) is 0 Å². The summed E-state index contributed by atoms with van der Waals surface area (Å²) in [6, 6.07) is 2.61. The van der Waals surface area contributed by atoms with Crippen molar-refractivity contribution in [2.45, 2.75) is 26.4 Å². The lowest BCUT2D eigenvalue weighted by atomic mass is 10.1. The number of nitrogens with two attached hydrogens (primary N) is 1. The number of carbonyl (C=O) groups is 2. The van der Waals surface area contributed by atoms with E-state index in [4.69, 9.17) is 10.5 Å². The van der Waals surface area contributed by atoms with Crippen molar-refractivity contribution < 1.29 is 19.2 Å². The lowest BCUT2D eigenvalue weighted by Gasteiger charge is -2.16. The first-order valence-electron chi connectivity index (χ1n) is 5.72. The number of Topliss-reactive ketones (excluding diaryl/α,β-unsaturated/α-hetero) is 1. The van der Waals surface area contributed by atoms with Crippen LogP contribution in [0.15, 0.2) is 16.6 Å². The van der Waals surface area contributed by atoms with Gasteiger partial charge in [0.25, 0.3) is 5.91 Å². The largest absolute Gasteiger partial charge is 0.473 e. The number of amides is 1. The number of nitro benzene ring substituents is 1. The number of hydrogen-bond donors (Lipinski definition) is 1. The Kier molecular flexibility index (Phi) is 5.20. The van der Waals surface area contributed by atoms with Gasteiger partial charge in [-0.3, -0.25) is 19.7 Å². The van der Waals surface area contributed by atoms with Crippen LogP contribution in [0.1, 0.15) is 30.6 Å². The summed E-state index contributed by atoms with van der Waals surface area (Å²) in [4.78, 5) is 33.2. The Balaban J connectivity index is 3.44. The van der Waals surface area contributed by atoms with Gasteiger partial charge in [0.15, 0.2) is 11.9 Å². The average Bonchev–Trinajstić information content (AvgIpc) is 2.35. The highest BCUT2D eigenvalue weighted by molar-refractivity contribution is 9.10. The van der Waals surface area contributed by atoms with Crippen molar-refractivity contribution in [3.05, 3.63) is 32.3 Å². The quantitative estimate of drug-likeness (QED) is 0.482. The molecule has 1 amide bonds. The van der Waals surface area contributed by atoms with E-state index in [1.54, 1.807) is 6.92 Å². The second-order valence-electron chi connectivity index (χ2n) is 4.03. The van der Waals surface area contributed by atoms with E-state index in [1.165, 1.54) is 19.1 Å². The molecule has 1 atom stereocenters. The maximum atomic E-state index is 11.6. The number of ether oxygens (including phenoxy) is 1. The highest BCUT2D eigenvalue weighted by Crippen LogP contribution is 2.35. The molecule has 7 nitrogen and oxygen atoms in total. The van der Waals surface area contributed by atoms with Crippen molar-refractivity contribution in [2.75, 3.05) is 0 Å². The third-order valence-corrected chi connectivity index (χ3v) is 3.02. The van der Waals surface area contributed by atoms with Gasteiger partial charge in [-0.2, -0.15) is 0 Å². The van der Waals surface area contributed by atoms with Gasteiger partial charge in [0, 0.05) is 10.5 Å². The summed E-state index contributed by atoms with van der Waals surface area (Å²) in [5.41, 5.74) is 4.77. The molecule has 0 aromatic heterocycles. The monoisotopic (exact) mass is 344 g/mol. The molecule has 2 N–H and O–H groups in total. The summed E-state index contributed by atoms with van der Waals surface area (Å²) in [5.74, 6) is -1.40. The number of hydrogen-bond acceptors (Lipinski definition) is 5. The Labute approximate surface area is 123 Å². The molecule has 0 saturated carbocycles. The van der Waals surface area contributed by atoms with Crippen LogP contribution < -0.4 is 10.5 Å². The van der Waals surface area contributed by atoms with Gasteiger partial charge >= 0.3 is 5.69 Å². The lowest BCUT2D eigenvalue weighted by Crippen LogP contribution is -2.33. The van der Waals surface area contributed by atoms with Gasteiger partial charge in [-0.05, 0) is 19.4 Å². The molecule has 20 heavy (non-hydrogen) atoms. The average molecular weight is 345 g/mol. The zero-order valence-electron chi connectivity index (χ0n) is 10.9.